The zero-order valence-electron chi connectivity index (χ0n) is 18.2. The average molecular weight is 459 g/mol. The van der Waals surface area contributed by atoms with Gasteiger partial charge in [-0.05, 0) is 25.0 Å². The van der Waals surface area contributed by atoms with E-state index in [1.165, 1.54) is 11.8 Å². The molecule has 4 rings (SSSR count). The van der Waals surface area contributed by atoms with Crippen LogP contribution in [0.5, 0.6) is 5.75 Å². The van der Waals surface area contributed by atoms with Crippen LogP contribution in [-0.2, 0) is 16.1 Å². The van der Waals surface area contributed by atoms with Crippen molar-refractivity contribution in [1.82, 2.24) is 24.6 Å². The Kier molecular flexibility index (Phi) is 7.64. The number of hydrogen-bond donors (Lipinski definition) is 1. The van der Waals surface area contributed by atoms with Crippen molar-refractivity contribution in [2.45, 2.75) is 36.9 Å². The van der Waals surface area contributed by atoms with Crippen LogP contribution in [0.4, 0.5) is 0 Å². The van der Waals surface area contributed by atoms with E-state index < -0.39 is 0 Å². The van der Waals surface area contributed by atoms with Crippen LogP contribution in [0, 0.1) is 0 Å². The van der Waals surface area contributed by atoms with Gasteiger partial charge in [-0.15, -0.1) is 10.2 Å². The van der Waals surface area contributed by atoms with E-state index in [-0.39, 0.29) is 18.2 Å². The van der Waals surface area contributed by atoms with Gasteiger partial charge in [-0.3, -0.25) is 14.5 Å². The number of thioether (sulfide) groups is 1. The normalized spacial score (nSPS) is 16.8. The molecule has 0 radical (unpaired) electrons. The molecule has 172 valence electrons. The van der Waals surface area contributed by atoms with E-state index in [1.807, 2.05) is 39.8 Å². The number of nitrogens with zero attached hydrogens (tertiary/aromatic N) is 5. The molecule has 1 saturated heterocycles. The molecule has 0 bridgehead atoms. The SMILES string of the molecule is NC(=O)CCn1c(SCC(=O)N2CCN(CCOc3ccccc3)CC2)nnc1C1CC1. The number of ether oxygens (including phenoxy) is 1. The smallest absolute Gasteiger partial charge is 0.233 e. The fraction of sp³-hybridized carbons (Fsp3) is 0.545. The Balaban J connectivity index is 1.20. The minimum Gasteiger partial charge on any atom is -0.492 e. The molecule has 32 heavy (non-hydrogen) atoms. The molecule has 10 heteroatoms. The minimum absolute atomic E-state index is 0.104. The van der Waals surface area contributed by atoms with Crippen molar-refractivity contribution in [1.29, 1.82) is 0 Å². The maximum atomic E-state index is 12.7. The molecule has 2 fully saturated rings. The van der Waals surface area contributed by atoms with E-state index in [0.29, 0.717) is 43.1 Å². The summed E-state index contributed by atoms with van der Waals surface area (Å²) in [6, 6.07) is 9.81. The molecular formula is C22H30N6O3S. The van der Waals surface area contributed by atoms with E-state index >= 15 is 0 Å². The number of carbonyl (C=O) groups excluding carboxylic acids is 2. The van der Waals surface area contributed by atoms with Crippen LogP contribution >= 0.6 is 11.8 Å². The van der Waals surface area contributed by atoms with Crippen molar-refractivity contribution < 1.29 is 14.3 Å². The predicted octanol–water partition coefficient (Wildman–Crippen LogP) is 1.35. The summed E-state index contributed by atoms with van der Waals surface area (Å²) in [6.07, 6.45) is 2.44. The Morgan fingerprint density at radius 2 is 1.81 bits per heavy atom. The summed E-state index contributed by atoms with van der Waals surface area (Å²) >= 11 is 1.39. The number of piperazine rings is 1. The van der Waals surface area contributed by atoms with E-state index in [9.17, 15) is 9.59 Å². The Labute approximate surface area is 192 Å². The molecule has 0 atom stereocenters. The third-order valence-corrected chi connectivity index (χ3v) is 6.69. The Hall–Kier alpha value is -2.59. The highest BCUT2D eigenvalue weighted by Gasteiger charge is 2.31. The number of amides is 2. The number of carbonyl (C=O) groups is 2. The van der Waals surface area contributed by atoms with Crippen molar-refractivity contribution in [3.8, 4) is 5.75 Å². The molecule has 9 nitrogen and oxygen atoms in total. The monoisotopic (exact) mass is 458 g/mol. The standard InChI is InChI=1S/C22H30N6O3S/c23-19(29)8-9-28-21(17-6-7-17)24-25-22(28)32-16-20(30)27-12-10-26(11-13-27)14-15-31-18-4-2-1-3-5-18/h1-5,17H,6-16H2,(H2,23,29). The van der Waals surface area contributed by atoms with Crippen LogP contribution in [0.3, 0.4) is 0 Å². The van der Waals surface area contributed by atoms with Gasteiger partial charge in [0, 0.05) is 51.6 Å². The summed E-state index contributed by atoms with van der Waals surface area (Å²) in [5, 5.41) is 9.27. The van der Waals surface area contributed by atoms with Crippen LogP contribution in [0.2, 0.25) is 0 Å². The fourth-order valence-electron chi connectivity index (χ4n) is 3.73. The van der Waals surface area contributed by atoms with Crippen LogP contribution in [0.15, 0.2) is 35.5 Å². The van der Waals surface area contributed by atoms with Crippen molar-refractivity contribution in [2.24, 2.45) is 5.73 Å². The molecule has 1 aliphatic carbocycles. The Morgan fingerprint density at radius 3 is 2.50 bits per heavy atom. The largest absolute Gasteiger partial charge is 0.492 e. The molecular weight excluding hydrogens is 428 g/mol. The van der Waals surface area contributed by atoms with E-state index in [2.05, 4.69) is 15.1 Å². The molecule has 1 saturated carbocycles. The molecule has 2 heterocycles. The van der Waals surface area contributed by atoms with Gasteiger partial charge in [0.2, 0.25) is 11.8 Å². The zero-order valence-corrected chi connectivity index (χ0v) is 19.0. The first-order valence-corrected chi connectivity index (χ1v) is 12.1. The third kappa shape index (κ3) is 6.23. The van der Waals surface area contributed by atoms with Crippen LogP contribution in [0.1, 0.15) is 31.0 Å². The summed E-state index contributed by atoms with van der Waals surface area (Å²) in [7, 11) is 0. The highest BCUT2D eigenvalue weighted by atomic mass is 32.2. The van der Waals surface area contributed by atoms with E-state index in [1.54, 1.807) is 0 Å². The van der Waals surface area contributed by atoms with Crippen LogP contribution in [-0.4, -0.2) is 81.5 Å². The number of para-hydroxylation sites is 1. The second-order valence-corrected chi connectivity index (χ2v) is 9.10. The lowest BCUT2D eigenvalue weighted by atomic mass is 10.3. The quantitative estimate of drug-likeness (QED) is 0.507. The first kappa shape index (κ1) is 22.6. The maximum absolute atomic E-state index is 12.7. The summed E-state index contributed by atoms with van der Waals surface area (Å²) in [5.41, 5.74) is 5.32. The van der Waals surface area contributed by atoms with Crippen molar-refractivity contribution in [2.75, 3.05) is 45.1 Å². The Bertz CT molecular complexity index is 910. The highest BCUT2D eigenvalue weighted by molar-refractivity contribution is 7.99. The van der Waals surface area contributed by atoms with Gasteiger partial charge in [-0.1, -0.05) is 30.0 Å². The molecule has 0 spiro atoms. The van der Waals surface area contributed by atoms with E-state index in [0.717, 1.165) is 44.0 Å². The molecule has 1 aliphatic heterocycles. The zero-order chi connectivity index (χ0) is 22.3. The van der Waals surface area contributed by atoms with Gasteiger partial charge in [0.05, 0.1) is 5.75 Å². The van der Waals surface area contributed by atoms with Gasteiger partial charge in [0.1, 0.15) is 18.2 Å². The first-order valence-electron chi connectivity index (χ1n) is 11.1. The number of hydrogen-bond acceptors (Lipinski definition) is 7. The minimum atomic E-state index is -0.348. The predicted molar refractivity (Wildman–Crippen MR) is 121 cm³/mol. The second-order valence-electron chi connectivity index (χ2n) is 8.16. The summed E-state index contributed by atoms with van der Waals surface area (Å²) in [4.78, 5) is 28.2. The Morgan fingerprint density at radius 1 is 1.06 bits per heavy atom. The van der Waals surface area contributed by atoms with Gasteiger partial charge in [0.15, 0.2) is 5.16 Å². The van der Waals surface area contributed by atoms with Gasteiger partial charge >= 0.3 is 0 Å². The summed E-state index contributed by atoms with van der Waals surface area (Å²) < 4.78 is 7.73. The molecule has 2 N–H and O–H groups in total. The molecule has 2 amide bonds. The molecule has 2 aromatic rings. The van der Waals surface area contributed by atoms with Gasteiger partial charge < -0.3 is 19.9 Å². The lowest BCUT2D eigenvalue weighted by Gasteiger charge is -2.34. The molecule has 1 aromatic carbocycles. The van der Waals surface area contributed by atoms with Gasteiger partial charge in [-0.2, -0.15) is 0 Å². The lowest BCUT2D eigenvalue weighted by Crippen LogP contribution is -2.50. The first-order chi connectivity index (χ1) is 15.6. The maximum Gasteiger partial charge on any atom is 0.233 e. The fourth-order valence-corrected chi connectivity index (χ4v) is 4.60. The second kappa shape index (κ2) is 10.8. The number of rotatable bonds is 11. The summed E-state index contributed by atoms with van der Waals surface area (Å²) in [6.45, 7) is 5.06. The van der Waals surface area contributed by atoms with Crippen molar-refractivity contribution in [3.63, 3.8) is 0 Å². The average Bonchev–Trinajstić information content (AvgIpc) is 3.57. The number of benzene rings is 1. The highest BCUT2D eigenvalue weighted by Crippen LogP contribution is 2.40. The molecule has 1 aromatic heterocycles. The number of nitrogens with two attached hydrogens (primary N) is 1. The van der Waals surface area contributed by atoms with Gasteiger partial charge in [-0.25, -0.2) is 0 Å². The van der Waals surface area contributed by atoms with Crippen LogP contribution in [0.25, 0.3) is 0 Å². The van der Waals surface area contributed by atoms with E-state index in [4.69, 9.17) is 10.5 Å². The van der Waals surface area contributed by atoms with Crippen molar-refractivity contribution >= 4 is 23.6 Å². The number of aromatic nitrogens is 3. The van der Waals surface area contributed by atoms with Crippen LogP contribution < -0.4 is 10.5 Å². The topological polar surface area (TPSA) is 107 Å². The molecule has 0 unspecified atom stereocenters. The van der Waals surface area contributed by atoms with Crippen molar-refractivity contribution in [3.05, 3.63) is 36.2 Å². The third-order valence-electron chi connectivity index (χ3n) is 5.74. The number of primary amides is 1. The lowest BCUT2D eigenvalue weighted by molar-refractivity contribution is -0.130. The molecule has 2 aliphatic rings. The van der Waals surface area contributed by atoms with Gasteiger partial charge in [0.25, 0.3) is 0 Å². The summed E-state index contributed by atoms with van der Waals surface area (Å²) in [5.74, 6) is 2.28.